The summed E-state index contributed by atoms with van der Waals surface area (Å²) in [4.78, 5) is 0. The summed E-state index contributed by atoms with van der Waals surface area (Å²) in [7, 11) is 0. The van der Waals surface area contributed by atoms with Crippen LogP contribution in [-0.4, -0.2) is 0 Å². The molecular weight excluding hydrogens is 120 g/mol. The summed E-state index contributed by atoms with van der Waals surface area (Å²) in [6.07, 6.45) is 5.69. The Morgan fingerprint density at radius 1 is 1.30 bits per heavy atom. The standard InChI is InChI=1S/C10H20/c1-5-9(2,3)8-10(4)6-7-10/h5-8H2,1-4H3. The molecule has 10 heavy (non-hydrogen) atoms. The average molecular weight is 140 g/mol. The van der Waals surface area contributed by atoms with Gasteiger partial charge in [-0.2, -0.15) is 0 Å². The summed E-state index contributed by atoms with van der Waals surface area (Å²) < 4.78 is 0. The van der Waals surface area contributed by atoms with Crippen LogP contribution in [0.25, 0.3) is 0 Å². The van der Waals surface area contributed by atoms with Gasteiger partial charge in [0.05, 0.1) is 0 Å². The highest BCUT2D eigenvalue weighted by Gasteiger charge is 2.40. The molecule has 0 spiro atoms. The molecule has 0 radical (unpaired) electrons. The lowest BCUT2D eigenvalue weighted by atomic mass is 9.80. The van der Waals surface area contributed by atoms with E-state index < -0.39 is 0 Å². The van der Waals surface area contributed by atoms with Crippen LogP contribution in [-0.2, 0) is 0 Å². The molecule has 0 unspecified atom stereocenters. The molecule has 0 amide bonds. The predicted molar refractivity (Wildman–Crippen MR) is 46.0 cm³/mol. The molecule has 60 valence electrons. The molecule has 0 N–H and O–H groups in total. The first-order valence-corrected chi connectivity index (χ1v) is 4.47. The Balaban J connectivity index is 2.36. The second kappa shape index (κ2) is 2.25. The quantitative estimate of drug-likeness (QED) is 0.561. The van der Waals surface area contributed by atoms with E-state index >= 15 is 0 Å². The summed E-state index contributed by atoms with van der Waals surface area (Å²) in [5, 5.41) is 0. The molecule has 1 saturated carbocycles. The number of hydrogen-bond acceptors (Lipinski definition) is 0. The fourth-order valence-electron chi connectivity index (χ4n) is 1.67. The lowest BCUT2D eigenvalue weighted by Crippen LogP contribution is -2.14. The van der Waals surface area contributed by atoms with Crippen LogP contribution in [0.1, 0.15) is 53.4 Å². The van der Waals surface area contributed by atoms with Crippen LogP contribution in [0.4, 0.5) is 0 Å². The van der Waals surface area contributed by atoms with Gasteiger partial charge in [-0.1, -0.05) is 34.1 Å². The Labute approximate surface area is 65.0 Å². The predicted octanol–water partition coefficient (Wildman–Crippen LogP) is 3.61. The van der Waals surface area contributed by atoms with Crippen molar-refractivity contribution >= 4 is 0 Å². The third kappa shape index (κ3) is 2.00. The Morgan fingerprint density at radius 3 is 2.10 bits per heavy atom. The Hall–Kier alpha value is 0. The van der Waals surface area contributed by atoms with Crippen molar-refractivity contribution < 1.29 is 0 Å². The summed E-state index contributed by atoms with van der Waals surface area (Å²) in [5.74, 6) is 0. The summed E-state index contributed by atoms with van der Waals surface area (Å²) in [5.41, 5.74) is 1.32. The zero-order chi connectivity index (χ0) is 7.83. The Kier molecular flexibility index (Phi) is 1.82. The van der Waals surface area contributed by atoms with Gasteiger partial charge in [0, 0.05) is 0 Å². The molecule has 1 aliphatic rings. The molecule has 0 bridgehead atoms. The highest BCUT2D eigenvalue weighted by Crippen LogP contribution is 2.53. The molecule has 0 atom stereocenters. The highest BCUT2D eigenvalue weighted by atomic mass is 14.5. The first-order chi connectivity index (χ1) is 4.47. The van der Waals surface area contributed by atoms with Crippen LogP contribution < -0.4 is 0 Å². The van der Waals surface area contributed by atoms with E-state index in [1.807, 2.05) is 0 Å². The van der Waals surface area contributed by atoms with Crippen LogP contribution in [0, 0.1) is 10.8 Å². The van der Waals surface area contributed by atoms with Gasteiger partial charge in [0.15, 0.2) is 0 Å². The molecule has 0 aromatic rings. The third-order valence-electron chi connectivity index (χ3n) is 2.97. The van der Waals surface area contributed by atoms with Gasteiger partial charge in [0.25, 0.3) is 0 Å². The monoisotopic (exact) mass is 140 g/mol. The molecule has 0 aromatic carbocycles. The maximum absolute atomic E-state index is 2.42. The lowest BCUT2D eigenvalue weighted by Gasteiger charge is -2.26. The number of hydrogen-bond donors (Lipinski definition) is 0. The van der Waals surface area contributed by atoms with Gasteiger partial charge >= 0.3 is 0 Å². The Bertz CT molecular complexity index is 118. The van der Waals surface area contributed by atoms with Crippen molar-refractivity contribution in [2.24, 2.45) is 10.8 Å². The van der Waals surface area contributed by atoms with Crippen LogP contribution >= 0.6 is 0 Å². The van der Waals surface area contributed by atoms with Crippen LogP contribution in [0.15, 0.2) is 0 Å². The maximum atomic E-state index is 2.42. The van der Waals surface area contributed by atoms with Crippen molar-refractivity contribution in [3.05, 3.63) is 0 Å². The van der Waals surface area contributed by atoms with E-state index in [-0.39, 0.29) is 0 Å². The summed E-state index contributed by atoms with van der Waals surface area (Å²) in [6.45, 7) is 9.49. The van der Waals surface area contributed by atoms with Gasteiger partial charge in [-0.05, 0) is 30.1 Å². The largest absolute Gasteiger partial charge is 0.0649 e. The second-order valence-electron chi connectivity index (χ2n) is 5.01. The van der Waals surface area contributed by atoms with Gasteiger partial charge in [-0.3, -0.25) is 0 Å². The fraction of sp³-hybridized carbons (Fsp3) is 1.00. The minimum absolute atomic E-state index is 0.589. The molecule has 0 heterocycles. The lowest BCUT2D eigenvalue weighted by molar-refractivity contribution is 0.255. The highest BCUT2D eigenvalue weighted by molar-refractivity contribution is 4.92. The van der Waals surface area contributed by atoms with Crippen molar-refractivity contribution in [3.63, 3.8) is 0 Å². The van der Waals surface area contributed by atoms with E-state index in [0.29, 0.717) is 5.41 Å². The first-order valence-electron chi connectivity index (χ1n) is 4.47. The molecular formula is C10H20. The molecule has 0 heteroatoms. The van der Waals surface area contributed by atoms with Crippen molar-refractivity contribution in [1.29, 1.82) is 0 Å². The third-order valence-corrected chi connectivity index (χ3v) is 2.97. The van der Waals surface area contributed by atoms with Gasteiger partial charge in [0.2, 0.25) is 0 Å². The molecule has 1 aliphatic carbocycles. The SMILES string of the molecule is CCC(C)(C)CC1(C)CC1. The maximum Gasteiger partial charge on any atom is -0.0320 e. The molecule has 0 aromatic heterocycles. The molecule has 1 rings (SSSR count). The van der Waals surface area contributed by atoms with E-state index in [9.17, 15) is 0 Å². The molecule has 0 nitrogen and oxygen atoms in total. The van der Waals surface area contributed by atoms with Gasteiger partial charge in [0.1, 0.15) is 0 Å². The molecule has 0 saturated heterocycles. The second-order valence-corrected chi connectivity index (χ2v) is 5.01. The van der Waals surface area contributed by atoms with E-state index in [2.05, 4.69) is 27.7 Å². The van der Waals surface area contributed by atoms with E-state index in [4.69, 9.17) is 0 Å². The van der Waals surface area contributed by atoms with Crippen LogP contribution in [0.5, 0.6) is 0 Å². The normalized spacial score (nSPS) is 22.8. The Morgan fingerprint density at radius 2 is 1.80 bits per heavy atom. The van der Waals surface area contributed by atoms with E-state index in [1.165, 1.54) is 25.7 Å². The van der Waals surface area contributed by atoms with Crippen molar-refractivity contribution in [3.8, 4) is 0 Å². The minimum Gasteiger partial charge on any atom is -0.0649 e. The zero-order valence-corrected chi connectivity index (χ0v) is 7.83. The van der Waals surface area contributed by atoms with Crippen LogP contribution in [0.2, 0.25) is 0 Å². The summed E-state index contributed by atoms with van der Waals surface area (Å²) in [6, 6.07) is 0. The average Bonchev–Trinajstić information content (AvgIpc) is 2.47. The minimum atomic E-state index is 0.589. The van der Waals surface area contributed by atoms with Crippen molar-refractivity contribution in [2.75, 3.05) is 0 Å². The van der Waals surface area contributed by atoms with E-state index in [1.54, 1.807) is 0 Å². The molecule has 0 aliphatic heterocycles. The van der Waals surface area contributed by atoms with Gasteiger partial charge in [-0.15, -0.1) is 0 Å². The molecule has 1 fully saturated rings. The van der Waals surface area contributed by atoms with Gasteiger partial charge in [-0.25, -0.2) is 0 Å². The first kappa shape index (κ1) is 8.10. The fourth-order valence-corrected chi connectivity index (χ4v) is 1.67. The van der Waals surface area contributed by atoms with E-state index in [0.717, 1.165) is 5.41 Å². The van der Waals surface area contributed by atoms with Gasteiger partial charge < -0.3 is 0 Å². The zero-order valence-electron chi connectivity index (χ0n) is 7.83. The summed E-state index contributed by atoms with van der Waals surface area (Å²) >= 11 is 0. The van der Waals surface area contributed by atoms with Crippen LogP contribution in [0.3, 0.4) is 0 Å². The number of rotatable bonds is 3. The smallest absolute Gasteiger partial charge is 0.0320 e. The topological polar surface area (TPSA) is 0 Å². The van der Waals surface area contributed by atoms with Crippen molar-refractivity contribution in [1.82, 2.24) is 0 Å². The van der Waals surface area contributed by atoms with Crippen molar-refractivity contribution in [2.45, 2.75) is 53.4 Å².